The van der Waals surface area contributed by atoms with Gasteiger partial charge >= 0.3 is 0 Å². The fourth-order valence-electron chi connectivity index (χ4n) is 8.29. The summed E-state index contributed by atoms with van der Waals surface area (Å²) in [7, 11) is 0. The molecule has 1 aromatic rings. The molecule has 1 heterocycles. The Balaban J connectivity index is 1.29. The molecule has 4 saturated carbocycles. The summed E-state index contributed by atoms with van der Waals surface area (Å²) < 4.78 is 0. The van der Waals surface area contributed by atoms with Crippen molar-refractivity contribution in [2.45, 2.75) is 90.2 Å². The van der Waals surface area contributed by atoms with E-state index in [4.69, 9.17) is 0 Å². The van der Waals surface area contributed by atoms with Crippen LogP contribution in [0.4, 0.5) is 0 Å². The van der Waals surface area contributed by atoms with Crippen molar-refractivity contribution < 1.29 is 5.11 Å². The molecular weight excluding hydrogens is 334 g/mol. The van der Waals surface area contributed by atoms with Gasteiger partial charge in [0.25, 0.3) is 0 Å². The number of hydrogen-bond acceptors (Lipinski definition) is 3. The van der Waals surface area contributed by atoms with Crippen LogP contribution in [0.15, 0.2) is 12.4 Å². The number of aryl methyl sites for hydroxylation is 1. The van der Waals surface area contributed by atoms with Gasteiger partial charge in [0, 0.05) is 0 Å². The van der Waals surface area contributed by atoms with Crippen LogP contribution < -0.4 is 0 Å². The topological polar surface area (TPSA) is 50.9 Å². The fourth-order valence-corrected chi connectivity index (χ4v) is 8.29. The van der Waals surface area contributed by atoms with Gasteiger partial charge in [0.2, 0.25) is 0 Å². The number of aromatic nitrogens is 3. The molecule has 0 unspecified atom stereocenters. The average molecular weight is 372 g/mol. The second kappa shape index (κ2) is 6.57. The van der Waals surface area contributed by atoms with Crippen molar-refractivity contribution in [3.05, 3.63) is 12.4 Å². The molecule has 0 aromatic carbocycles. The zero-order valence-corrected chi connectivity index (χ0v) is 17.2. The lowest BCUT2D eigenvalue weighted by atomic mass is 9.49. The lowest BCUT2D eigenvalue weighted by Crippen LogP contribution is -2.50. The van der Waals surface area contributed by atoms with Crippen molar-refractivity contribution in [1.82, 2.24) is 15.0 Å². The zero-order valence-electron chi connectivity index (χ0n) is 17.2. The SMILES string of the molecule is C[C@@]1(O)CC[C@H]2[C@@H](CC[C@@H]3[C@@H]2CC[C@]2(C)[C@@H](CCn4nccn4)CC[C@@H]32)C1. The molecule has 4 aliphatic carbocycles. The molecule has 1 N–H and O–H groups in total. The van der Waals surface area contributed by atoms with Crippen LogP contribution >= 0.6 is 0 Å². The van der Waals surface area contributed by atoms with Crippen molar-refractivity contribution in [3.63, 3.8) is 0 Å². The average Bonchev–Trinajstić information content (AvgIpc) is 3.26. The molecule has 4 heteroatoms. The molecule has 27 heavy (non-hydrogen) atoms. The highest BCUT2D eigenvalue weighted by Gasteiger charge is 2.57. The van der Waals surface area contributed by atoms with E-state index in [0.717, 1.165) is 54.9 Å². The zero-order chi connectivity index (χ0) is 18.6. The van der Waals surface area contributed by atoms with Crippen LogP contribution in [-0.2, 0) is 6.54 Å². The molecule has 150 valence electrons. The third-order valence-corrected chi connectivity index (χ3v) is 9.58. The minimum Gasteiger partial charge on any atom is -0.390 e. The number of fused-ring (bicyclic) bond motifs is 5. The van der Waals surface area contributed by atoms with Crippen LogP contribution in [0.25, 0.3) is 0 Å². The number of hydrogen-bond donors (Lipinski definition) is 1. The normalized spacial score (nSPS) is 49.3. The van der Waals surface area contributed by atoms with Crippen LogP contribution in [0.5, 0.6) is 0 Å². The number of rotatable bonds is 3. The monoisotopic (exact) mass is 371 g/mol. The van der Waals surface area contributed by atoms with Gasteiger partial charge in [-0.2, -0.15) is 15.0 Å². The standard InChI is InChI=1S/C23H37N3O/c1-22(27)10-7-18-16(15-22)3-5-20-19(18)8-11-23(2)17(4-6-21(20)23)9-14-26-24-12-13-25-26/h12-13,16-21,27H,3-11,14-15H2,1-2H3/t16-,17+,18-,19+,20+,21-,22+,23+/m0/s1. The van der Waals surface area contributed by atoms with Crippen LogP contribution in [-0.4, -0.2) is 25.7 Å². The van der Waals surface area contributed by atoms with E-state index in [1.807, 2.05) is 4.80 Å². The second-order valence-corrected chi connectivity index (χ2v) is 10.9. The van der Waals surface area contributed by atoms with Crippen LogP contribution in [0, 0.1) is 40.9 Å². The highest BCUT2D eigenvalue weighted by atomic mass is 16.3. The first-order valence-corrected chi connectivity index (χ1v) is 11.5. The van der Waals surface area contributed by atoms with E-state index in [0.29, 0.717) is 5.41 Å². The molecule has 8 atom stereocenters. The van der Waals surface area contributed by atoms with E-state index in [2.05, 4.69) is 24.0 Å². The smallest absolute Gasteiger partial charge is 0.0693 e. The predicted molar refractivity (Wildman–Crippen MR) is 106 cm³/mol. The third-order valence-electron chi connectivity index (χ3n) is 9.58. The molecule has 5 rings (SSSR count). The van der Waals surface area contributed by atoms with E-state index in [-0.39, 0.29) is 0 Å². The van der Waals surface area contributed by atoms with Crippen LogP contribution in [0.3, 0.4) is 0 Å². The molecule has 0 saturated heterocycles. The highest BCUT2D eigenvalue weighted by Crippen LogP contribution is 2.65. The first-order chi connectivity index (χ1) is 13.0. The van der Waals surface area contributed by atoms with Crippen molar-refractivity contribution in [2.24, 2.45) is 40.9 Å². The highest BCUT2D eigenvalue weighted by molar-refractivity contribution is 5.06. The largest absolute Gasteiger partial charge is 0.390 e. The summed E-state index contributed by atoms with van der Waals surface area (Å²) in [6, 6.07) is 0. The number of aliphatic hydroxyl groups is 1. The second-order valence-electron chi connectivity index (χ2n) is 10.9. The van der Waals surface area contributed by atoms with Gasteiger partial charge in [0.1, 0.15) is 0 Å². The molecule has 4 fully saturated rings. The Morgan fingerprint density at radius 3 is 2.52 bits per heavy atom. The van der Waals surface area contributed by atoms with Crippen molar-refractivity contribution in [3.8, 4) is 0 Å². The van der Waals surface area contributed by atoms with Gasteiger partial charge in [-0.05, 0) is 112 Å². The van der Waals surface area contributed by atoms with Gasteiger partial charge in [-0.3, -0.25) is 0 Å². The lowest BCUT2D eigenvalue weighted by Gasteiger charge is -2.57. The van der Waals surface area contributed by atoms with Gasteiger partial charge in [-0.15, -0.1) is 0 Å². The quantitative estimate of drug-likeness (QED) is 0.839. The molecule has 1 aromatic heterocycles. The fraction of sp³-hybridized carbons (Fsp3) is 0.913. The van der Waals surface area contributed by atoms with Crippen molar-refractivity contribution in [1.29, 1.82) is 0 Å². The summed E-state index contributed by atoms with van der Waals surface area (Å²) in [6.07, 6.45) is 16.7. The predicted octanol–water partition coefficient (Wildman–Crippen LogP) is 4.69. The third kappa shape index (κ3) is 3.07. The molecule has 0 amide bonds. The van der Waals surface area contributed by atoms with E-state index >= 15 is 0 Å². The van der Waals surface area contributed by atoms with Crippen molar-refractivity contribution >= 4 is 0 Å². The first-order valence-electron chi connectivity index (χ1n) is 11.5. The van der Waals surface area contributed by atoms with Crippen LogP contribution in [0.2, 0.25) is 0 Å². The van der Waals surface area contributed by atoms with E-state index < -0.39 is 5.60 Å². The Morgan fingerprint density at radius 1 is 0.926 bits per heavy atom. The van der Waals surface area contributed by atoms with E-state index in [1.165, 1.54) is 51.4 Å². The van der Waals surface area contributed by atoms with Crippen LogP contribution in [0.1, 0.15) is 78.1 Å². The maximum atomic E-state index is 10.6. The Kier molecular flexibility index (Phi) is 4.42. The van der Waals surface area contributed by atoms with Crippen molar-refractivity contribution in [2.75, 3.05) is 0 Å². The number of nitrogens with zero attached hydrogens (tertiary/aromatic N) is 3. The summed E-state index contributed by atoms with van der Waals surface area (Å²) in [4.78, 5) is 1.88. The Labute approximate surface area is 164 Å². The Bertz CT molecular complexity index is 657. The molecule has 4 aliphatic rings. The Morgan fingerprint density at radius 2 is 1.70 bits per heavy atom. The summed E-state index contributed by atoms with van der Waals surface area (Å²) in [6.45, 7) is 5.68. The first kappa shape index (κ1) is 18.1. The molecule has 4 nitrogen and oxygen atoms in total. The van der Waals surface area contributed by atoms with Gasteiger partial charge in [0.15, 0.2) is 0 Å². The molecular formula is C23H37N3O. The summed E-state index contributed by atoms with van der Waals surface area (Å²) in [5.41, 5.74) is 0.150. The maximum Gasteiger partial charge on any atom is 0.0693 e. The summed E-state index contributed by atoms with van der Waals surface area (Å²) in [5.74, 6) is 5.39. The lowest BCUT2D eigenvalue weighted by molar-refractivity contribution is -0.100. The van der Waals surface area contributed by atoms with Gasteiger partial charge in [0.05, 0.1) is 24.5 Å². The molecule has 0 aliphatic heterocycles. The summed E-state index contributed by atoms with van der Waals surface area (Å²) >= 11 is 0. The molecule has 0 bridgehead atoms. The minimum absolute atomic E-state index is 0.393. The van der Waals surface area contributed by atoms with E-state index in [1.54, 1.807) is 12.4 Å². The summed E-state index contributed by atoms with van der Waals surface area (Å²) in [5, 5.41) is 19.2. The molecule has 0 spiro atoms. The van der Waals surface area contributed by atoms with Gasteiger partial charge in [-0.25, -0.2) is 0 Å². The Hall–Kier alpha value is -0.900. The van der Waals surface area contributed by atoms with Gasteiger partial charge < -0.3 is 5.11 Å². The minimum atomic E-state index is -0.393. The van der Waals surface area contributed by atoms with Gasteiger partial charge in [-0.1, -0.05) is 6.92 Å². The maximum absolute atomic E-state index is 10.6. The van der Waals surface area contributed by atoms with E-state index in [9.17, 15) is 5.11 Å². The molecule has 0 radical (unpaired) electrons.